The topological polar surface area (TPSA) is 105 Å². The lowest BCUT2D eigenvalue weighted by Gasteiger charge is -2.34. The first kappa shape index (κ1) is 35.0. The van der Waals surface area contributed by atoms with E-state index in [1.54, 1.807) is 36.4 Å². The summed E-state index contributed by atoms with van der Waals surface area (Å²) in [6, 6.07) is 26.1. The van der Waals surface area contributed by atoms with Crippen molar-refractivity contribution in [3.8, 4) is 11.5 Å². The zero-order valence-corrected chi connectivity index (χ0v) is 27.7. The number of rotatable bonds is 15. The van der Waals surface area contributed by atoms with Crippen molar-refractivity contribution in [2.45, 2.75) is 50.2 Å². The monoisotopic (exact) mass is 661 g/mol. The number of ether oxygens (including phenoxy) is 2. The van der Waals surface area contributed by atoms with E-state index < -0.39 is 40.2 Å². The summed E-state index contributed by atoms with van der Waals surface area (Å²) in [5, 5.41) is 2.97. The zero-order chi connectivity index (χ0) is 34.0. The van der Waals surface area contributed by atoms with E-state index in [4.69, 9.17) is 9.47 Å². The highest BCUT2D eigenvalue weighted by Gasteiger charge is 2.36. The van der Waals surface area contributed by atoms with Gasteiger partial charge in [-0.05, 0) is 49.2 Å². The maximum Gasteiger partial charge on any atom is 0.264 e. The van der Waals surface area contributed by atoms with E-state index in [0.717, 1.165) is 9.87 Å². The van der Waals surface area contributed by atoms with Crippen molar-refractivity contribution < 1.29 is 31.9 Å². The summed E-state index contributed by atoms with van der Waals surface area (Å²) < 4.78 is 55.5. The van der Waals surface area contributed by atoms with E-state index in [2.05, 4.69) is 5.32 Å². The van der Waals surface area contributed by atoms with Crippen LogP contribution in [-0.2, 0) is 32.6 Å². The Labute approximate surface area is 276 Å². The number of hydrogen-bond acceptors (Lipinski definition) is 6. The first-order valence-electron chi connectivity index (χ1n) is 15.3. The lowest BCUT2D eigenvalue weighted by molar-refractivity contribution is -0.140. The van der Waals surface area contributed by atoms with Gasteiger partial charge in [-0.1, -0.05) is 73.7 Å². The summed E-state index contributed by atoms with van der Waals surface area (Å²) >= 11 is 0. The molecule has 0 radical (unpaired) electrons. The molecule has 0 saturated heterocycles. The van der Waals surface area contributed by atoms with Crippen LogP contribution < -0.4 is 19.1 Å². The van der Waals surface area contributed by atoms with Crippen LogP contribution in [0.2, 0.25) is 0 Å². The maximum atomic E-state index is 15.1. The minimum Gasteiger partial charge on any atom is -0.497 e. The van der Waals surface area contributed by atoms with Gasteiger partial charge in [-0.15, -0.1) is 0 Å². The number of nitrogens with one attached hydrogen (secondary N) is 1. The highest BCUT2D eigenvalue weighted by molar-refractivity contribution is 7.92. The Morgan fingerprint density at radius 3 is 2.13 bits per heavy atom. The van der Waals surface area contributed by atoms with Crippen LogP contribution in [0.25, 0.3) is 0 Å². The predicted molar refractivity (Wildman–Crippen MR) is 179 cm³/mol. The molecule has 0 heterocycles. The zero-order valence-electron chi connectivity index (χ0n) is 26.9. The van der Waals surface area contributed by atoms with Gasteiger partial charge >= 0.3 is 0 Å². The van der Waals surface area contributed by atoms with Crippen molar-refractivity contribution >= 4 is 27.5 Å². The molecule has 0 aromatic heterocycles. The van der Waals surface area contributed by atoms with Crippen LogP contribution in [0.15, 0.2) is 108 Å². The van der Waals surface area contributed by atoms with Gasteiger partial charge in [0, 0.05) is 30.6 Å². The van der Waals surface area contributed by atoms with E-state index in [-0.39, 0.29) is 40.9 Å². The summed E-state index contributed by atoms with van der Waals surface area (Å²) in [4.78, 5) is 29.7. The van der Waals surface area contributed by atoms with Crippen LogP contribution in [0, 0.1) is 5.82 Å². The van der Waals surface area contributed by atoms with Crippen molar-refractivity contribution in [2.75, 3.05) is 25.1 Å². The number of halogens is 1. The number of anilines is 1. The van der Waals surface area contributed by atoms with Crippen LogP contribution in [0.4, 0.5) is 10.1 Å². The molecule has 0 aliphatic heterocycles. The lowest BCUT2D eigenvalue weighted by atomic mass is 10.0. The molecule has 0 spiro atoms. The van der Waals surface area contributed by atoms with Gasteiger partial charge < -0.3 is 19.7 Å². The van der Waals surface area contributed by atoms with Gasteiger partial charge in [0.1, 0.15) is 29.9 Å². The fourth-order valence-corrected chi connectivity index (χ4v) is 6.47. The number of hydrogen-bond donors (Lipinski definition) is 1. The molecular formula is C36H40FN3O6S. The third-order valence-electron chi connectivity index (χ3n) is 7.84. The van der Waals surface area contributed by atoms with Gasteiger partial charge in [-0.3, -0.25) is 13.9 Å². The lowest BCUT2D eigenvalue weighted by Crippen LogP contribution is -2.54. The molecule has 4 aromatic rings. The molecule has 4 aromatic carbocycles. The van der Waals surface area contributed by atoms with E-state index in [9.17, 15) is 18.0 Å². The summed E-state index contributed by atoms with van der Waals surface area (Å²) in [6.07, 6.45) is 0.751. The number of methoxy groups -OCH3 is 2. The molecular weight excluding hydrogens is 621 g/mol. The average molecular weight is 662 g/mol. The van der Waals surface area contributed by atoms with Crippen LogP contribution in [0.3, 0.4) is 0 Å². The largest absolute Gasteiger partial charge is 0.497 e. The highest BCUT2D eigenvalue weighted by atomic mass is 32.2. The Hall–Kier alpha value is -4.90. The predicted octanol–water partition coefficient (Wildman–Crippen LogP) is 5.59. The second kappa shape index (κ2) is 16.1. The van der Waals surface area contributed by atoms with Gasteiger partial charge in [0.2, 0.25) is 11.8 Å². The molecule has 9 nitrogen and oxygen atoms in total. The molecule has 0 saturated carbocycles. The van der Waals surface area contributed by atoms with Crippen molar-refractivity contribution in [3.63, 3.8) is 0 Å². The van der Waals surface area contributed by atoms with Crippen molar-refractivity contribution in [1.82, 2.24) is 10.2 Å². The van der Waals surface area contributed by atoms with Gasteiger partial charge in [-0.25, -0.2) is 12.8 Å². The van der Waals surface area contributed by atoms with Gasteiger partial charge in [0.05, 0.1) is 24.8 Å². The highest BCUT2D eigenvalue weighted by Crippen LogP contribution is 2.36. The molecule has 0 aliphatic carbocycles. The molecule has 0 fully saturated rings. The number of amides is 2. The number of carbonyl (C=O) groups is 2. The average Bonchev–Trinajstić information content (AvgIpc) is 3.09. The quantitative estimate of drug-likeness (QED) is 0.178. The molecule has 11 heteroatoms. The normalized spacial score (nSPS) is 12.4. The molecule has 47 heavy (non-hydrogen) atoms. The van der Waals surface area contributed by atoms with Crippen molar-refractivity contribution in [2.24, 2.45) is 0 Å². The van der Waals surface area contributed by atoms with Crippen LogP contribution in [0.5, 0.6) is 11.5 Å². The van der Waals surface area contributed by atoms with E-state index in [1.165, 1.54) is 55.5 Å². The minimum atomic E-state index is -4.37. The van der Waals surface area contributed by atoms with Gasteiger partial charge in [-0.2, -0.15) is 0 Å². The summed E-state index contributed by atoms with van der Waals surface area (Å²) in [5.74, 6) is -1.22. The summed E-state index contributed by atoms with van der Waals surface area (Å²) in [7, 11) is -1.55. The molecule has 2 atom stereocenters. The van der Waals surface area contributed by atoms with Gasteiger partial charge in [0.15, 0.2) is 0 Å². The van der Waals surface area contributed by atoms with Crippen molar-refractivity contribution in [3.05, 3.63) is 120 Å². The summed E-state index contributed by atoms with van der Waals surface area (Å²) in [6.45, 7) is 2.76. The second-order valence-electron chi connectivity index (χ2n) is 11.0. The van der Waals surface area contributed by atoms with Crippen LogP contribution in [0.1, 0.15) is 31.4 Å². The standard InChI is InChI=1S/C36H40FN3O6S/c1-5-26(2)38-36(42)33(22-27-14-8-6-9-15-27)39(24-28-16-12-13-19-31(28)37)35(41)25-40(47(43,44)30-17-10-7-11-18-30)32-23-29(45-3)20-21-34(32)46-4/h6-21,23,26,33H,5,22,24-25H2,1-4H3,(H,38,42)/t26-,33+/m1/s1. The first-order chi connectivity index (χ1) is 22.6. The maximum absolute atomic E-state index is 15.1. The molecule has 0 aliphatic rings. The Bertz CT molecular complexity index is 1760. The van der Waals surface area contributed by atoms with Gasteiger partial charge in [0.25, 0.3) is 10.0 Å². The fourth-order valence-electron chi connectivity index (χ4n) is 5.03. The van der Waals surface area contributed by atoms with E-state index in [1.807, 2.05) is 44.2 Å². The Balaban J connectivity index is 1.87. The van der Waals surface area contributed by atoms with Crippen LogP contribution >= 0.6 is 0 Å². The van der Waals surface area contributed by atoms with E-state index >= 15 is 4.39 Å². The molecule has 1 N–H and O–H groups in total. The Morgan fingerprint density at radius 2 is 1.51 bits per heavy atom. The Kier molecular flexibility index (Phi) is 12.0. The molecule has 248 valence electrons. The number of sulfonamides is 1. The van der Waals surface area contributed by atoms with Crippen LogP contribution in [-0.4, -0.2) is 58.0 Å². The Morgan fingerprint density at radius 1 is 0.872 bits per heavy atom. The number of carbonyl (C=O) groups excluding carboxylic acids is 2. The third-order valence-corrected chi connectivity index (χ3v) is 9.61. The molecule has 0 unspecified atom stereocenters. The molecule has 2 amide bonds. The minimum absolute atomic E-state index is 0.0542. The summed E-state index contributed by atoms with van der Waals surface area (Å²) in [5.41, 5.74) is 0.997. The third kappa shape index (κ3) is 8.68. The fraction of sp³-hybridized carbons (Fsp3) is 0.278. The SMILES string of the molecule is CC[C@@H](C)NC(=O)[C@H](Cc1ccccc1)N(Cc1ccccc1F)C(=O)CN(c1cc(OC)ccc1OC)S(=O)(=O)c1ccccc1. The molecule has 4 rings (SSSR count). The number of nitrogens with zero attached hydrogens (tertiary/aromatic N) is 2. The molecule has 0 bridgehead atoms. The second-order valence-corrected chi connectivity index (χ2v) is 12.9. The first-order valence-corrected chi connectivity index (χ1v) is 16.7. The van der Waals surface area contributed by atoms with Crippen molar-refractivity contribution in [1.29, 1.82) is 0 Å². The smallest absolute Gasteiger partial charge is 0.264 e. The van der Waals surface area contributed by atoms with E-state index in [0.29, 0.717) is 12.2 Å². The number of benzene rings is 4.